The minimum absolute atomic E-state index is 0.147. The molecular formula is C52H83BrN6O4. The van der Waals surface area contributed by atoms with E-state index in [2.05, 4.69) is 171 Å². The Morgan fingerprint density at radius 1 is 0.460 bits per heavy atom. The SMILES string of the molecule is CC(C)(C)OC(=O)N1CCN(c2cccc(C(C)(C)C)c2)CC1.CC(C)(C)OC(=O)N1CCNCC1.CC(C)(C)c1cccc(Br)c1.CC(C)(C)c1cccc(N2CCNCC2)c1. The van der Waals surface area contributed by atoms with E-state index in [0.29, 0.717) is 13.1 Å². The normalized spacial score (nSPS) is 16.3. The number of piperazine rings is 3. The number of hydrogen-bond donors (Lipinski definition) is 2. The maximum atomic E-state index is 12.1. The maximum absolute atomic E-state index is 12.1. The minimum atomic E-state index is -0.435. The van der Waals surface area contributed by atoms with Crippen molar-refractivity contribution in [2.24, 2.45) is 0 Å². The first kappa shape index (κ1) is 53.5. The van der Waals surface area contributed by atoms with Gasteiger partial charge in [-0.2, -0.15) is 0 Å². The van der Waals surface area contributed by atoms with Crippen LogP contribution in [0.4, 0.5) is 21.0 Å². The van der Waals surface area contributed by atoms with Crippen LogP contribution in [-0.4, -0.2) is 112 Å². The highest BCUT2D eigenvalue weighted by molar-refractivity contribution is 9.10. The van der Waals surface area contributed by atoms with Crippen LogP contribution in [0.5, 0.6) is 0 Å². The van der Waals surface area contributed by atoms with E-state index < -0.39 is 5.60 Å². The molecule has 3 aliphatic rings. The van der Waals surface area contributed by atoms with Crippen LogP contribution in [-0.2, 0) is 25.7 Å². The summed E-state index contributed by atoms with van der Waals surface area (Å²) in [4.78, 5) is 32.0. The molecule has 0 spiro atoms. The van der Waals surface area contributed by atoms with Crippen LogP contribution in [0.15, 0.2) is 77.3 Å². The molecule has 0 radical (unpaired) electrons. The molecule has 2 N–H and O–H groups in total. The molecule has 3 aromatic rings. The average Bonchev–Trinajstić information content (AvgIpc) is 3.20. The summed E-state index contributed by atoms with van der Waals surface area (Å²) in [6.45, 7) is 42.2. The summed E-state index contributed by atoms with van der Waals surface area (Å²) in [5.74, 6) is 0. The molecule has 63 heavy (non-hydrogen) atoms. The lowest BCUT2D eigenvalue weighted by Gasteiger charge is -2.37. The average molecular weight is 936 g/mol. The van der Waals surface area contributed by atoms with Crippen LogP contribution in [0.1, 0.15) is 121 Å². The lowest BCUT2D eigenvalue weighted by molar-refractivity contribution is 0.0223. The van der Waals surface area contributed by atoms with Crippen molar-refractivity contribution in [1.82, 2.24) is 20.4 Å². The molecule has 3 heterocycles. The predicted octanol–water partition coefficient (Wildman–Crippen LogP) is 11.0. The van der Waals surface area contributed by atoms with E-state index in [1.54, 1.807) is 9.80 Å². The Labute approximate surface area is 391 Å². The molecule has 0 aromatic heterocycles. The molecular weight excluding hydrogens is 853 g/mol. The molecule has 3 saturated heterocycles. The highest BCUT2D eigenvalue weighted by Crippen LogP contribution is 2.29. The van der Waals surface area contributed by atoms with Gasteiger partial charge in [0, 0.05) is 94.4 Å². The number of nitrogens with zero attached hydrogens (tertiary/aromatic N) is 4. The quantitative estimate of drug-likeness (QED) is 0.263. The smallest absolute Gasteiger partial charge is 0.410 e. The van der Waals surface area contributed by atoms with Gasteiger partial charge in [-0.15, -0.1) is 0 Å². The fourth-order valence-corrected chi connectivity index (χ4v) is 7.26. The molecule has 3 fully saturated rings. The predicted molar refractivity (Wildman–Crippen MR) is 269 cm³/mol. The largest absolute Gasteiger partial charge is 0.444 e. The topological polar surface area (TPSA) is 89.6 Å². The molecule has 0 unspecified atom stereocenters. The first-order chi connectivity index (χ1) is 29.1. The number of halogens is 1. The summed E-state index contributed by atoms with van der Waals surface area (Å²) in [6, 6.07) is 26.1. The second-order valence-electron chi connectivity index (χ2n) is 21.8. The zero-order chi connectivity index (χ0) is 47.2. The zero-order valence-electron chi connectivity index (χ0n) is 41.7. The monoisotopic (exact) mass is 935 g/mol. The number of benzene rings is 3. The molecule has 3 aromatic carbocycles. The molecule has 0 saturated carbocycles. The Hall–Kier alpha value is -3.80. The maximum Gasteiger partial charge on any atom is 0.410 e. The van der Waals surface area contributed by atoms with E-state index in [4.69, 9.17) is 9.47 Å². The van der Waals surface area contributed by atoms with Gasteiger partial charge < -0.3 is 39.7 Å². The van der Waals surface area contributed by atoms with Gasteiger partial charge in [0.1, 0.15) is 11.2 Å². The number of anilines is 2. The molecule has 0 aliphatic carbocycles. The van der Waals surface area contributed by atoms with Crippen LogP contribution >= 0.6 is 15.9 Å². The van der Waals surface area contributed by atoms with Crippen molar-refractivity contribution in [3.05, 3.63) is 94.0 Å². The first-order valence-electron chi connectivity index (χ1n) is 23.0. The Morgan fingerprint density at radius 3 is 1.14 bits per heavy atom. The number of hydrogen-bond acceptors (Lipinski definition) is 8. The molecule has 352 valence electrons. The van der Waals surface area contributed by atoms with Crippen LogP contribution < -0.4 is 20.4 Å². The highest BCUT2D eigenvalue weighted by atomic mass is 79.9. The van der Waals surface area contributed by atoms with E-state index in [1.165, 1.54) is 28.1 Å². The first-order valence-corrected chi connectivity index (χ1v) is 23.8. The third kappa shape index (κ3) is 19.9. The van der Waals surface area contributed by atoms with Crippen molar-refractivity contribution < 1.29 is 19.1 Å². The minimum Gasteiger partial charge on any atom is -0.444 e. The Balaban J connectivity index is 0.000000233. The zero-order valence-corrected chi connectivity index (χ0v) is 43.3. The van der Waals surface area contributed by atoms with Crippen molar-refractivity contribution in [2.75, 3.05) is 88.3 Å². The Kier molecular flexibility index (Phi) is 19.9. The second-order valence-corrected chi connectivity index (χ2v) is 22.7. The van der Waals surface area contributed by atoms with E-state index >= 15 is 0 Å². The molecule has 11 heteroatoms. The van der Waals surface area contributed by atoms with E-state index in [9.17, 15) is 9.59 Å². The van der Waals surface area contributed by atoms with Crippen molar-refractivity contribution in [2.45, 2.75) is 131 Å². The van der Waals surface area contributed by atoms with Crippen LogP contribution in [0.25, 0.3) is 0 Å². The van der Waals surface area contributed by atoms with Gasteiger partial charge in [0.15, 0.2) is 0 Å². The lowest BCUT2D eigenvalue weighted by Crippen LogP contribution is -2.50. The number of carbonyl (C=O) groups is 2. The standard InChI is InChI=1S/C19H30N2O2.C14H22N2.C10H13Br.C9H18N2O2/c1-18(2,3)15-8-7-9-16(14-15)20-10-12-21(13-11-20)17(22)23-19(4,5)6;1-14(2,3)12-5-4-6-13(11-12)16-9-7-15-8-10-16;1-10(2,3)8-5-4-6-9(11)7-8;1-9(2,3)13-8(12)11-6-4-10-5-7-11/h7-9,14H,10-13H2,1-6H3;4-6,11,15H,7-10H2,1-3H3;4-7H,1-3H3;10H,4-7H2,1-3H3. The Bertz CT molecular complexity index is 1850. The third-order valence-corrected chi connectivity index (χ3v) is 11.2. The molecule has 2 amide bonds. The van der Waals surface area contributed by atoms with Gasteiger partial charge in [0.05, 0.1) is 0 Å². The van der Waals surface area contributed by atoms with Gasteiger partial charge in [-0.05, 0) is 111 Å². The second kappa shape index (κ2) is 23.4. The van der Waals surface area contributed by atoms with Gasteiger partial charge in [0.2, 0.25) is 0 Å². The van der Waals surface area contributed by atoms with Gasteiger partial charge in [-0.3, -0.25) is 0 Å². The summed E-state index contributed by atoms with van der Waals surface area (Å²) < 4.78 is 11.8. The number of nitrogens with one attached hydrogen (secondary N) is 2. The fourth-order valence-electron chi connectivity index (χ4n) is 6.86. The van der Waals surface area contributed by atoms with Crippen LogP contribution in [0, 0.1) is 0 Å². The number of amides is 2. The lowest BCUT2D eigenvalue weighted by atomic mass is 9.87. The van der Waals surface area contributed by atoms with Crippen molar-refractivity contribution in [1.29, 1.82) is 0 Å². The number of carbonyl (C=O) groups excluding carboxylic acids is 2. The van der Waals surface area contributed by atoms with Gasteiger partial charge in [-0.25, -0.2) is 9.59 Å². The van der Waals surface area contributed by atoms with Gasteiger partial charge in [-0.1, -0.05) is 115 Å². The fraction of sp³-hybridized carbons (Fsp3) is 0.615. The van der Waals surface area contributed by atoms with Crippen molar-refractivity contribution in [3.8, 4) is 0 Å². The molecule has 10 nitrogen and oxygen atoms in total. The molecule has 0 atom stereocenters. The molecule has 6 rings (SSSR count). The van der Waals surface area contributed by atoms with E-state index in [0.717, 1.165) is 69.9 Å². The van der Waals surface area contributed by atoms with Gasteiger partial charge in [0.25, 0.3) is 0 Å². The Morgan fingerprint density at radius 2 is 0.794 bits per heavy atom. The summed E-state index contributed by atoms with van der Waals surface area (Å²) in [5, 5.41) is 6.57. The van der Waals surface area contributed by atoms with Crippen molar-refractivity contribution >= 4 is 39.5 Å². The summed E-state index contributed by atoms with van der Waals surface area (Å²) in [6.07, 6.45) is -0.408. The van der Waals surface area contributed by atoms with Gasteiger partial charge >= 0.3 is 12.2 Å². The molecule has 3 aliphatic heterocycles. The number of rotatable bonds is 2. The summed E-state index contributed by atoms with van der Waals surface area (Å²) >= 11 is 3.45. The summed E-state index contributed by atoms with van der Waals surface area (Å²) in [5.41, 5.74) is 6.55. The third-order valence-electron chi connectivity index (χ3n) is 10.7. The van der Waals surface area contributed by atoms with E-state index in [-0.39, 0.29) is 34.0 Å². The highest BCUT2D eigenvalue weighted by Gasteiger charge is 2.27. The summed E-state index contributed by atoms with van der Waals surface area (Å²) in [7, 11) is 0. The van der Waals surface area contributed by atoms with Crippen LogP contribution in [0.2, 0.25) is 0 Å². The molecule has 0 bridgehead atoms. The van der Waals surface area contributed by atoms with Crippen LogP contribution in [0.3, 0.4) is 0 Å². The number of ether oxygens (including phenoxy) is 2. The van der Waals surface area contributed by atoms with E-state index in [1.807, 2.05) is 41.5 Å². The van der Waals surface area contributed by atoms with Crippen molar-refractivity contribution in [3.63, 3.8) is 0 Å².